The van der Waals surface area contributed by atoms with Gasteiger partial charge in [0.05, 0.1) is 6.07 Å². The number of hydrogen-bond donors (Lipinski definition) is 1. The van der Waals surface area contributed by atoms with Crippen molar-refractivity contribution in [2.24, 2.45) is 0 Å². The molecule has 1 rings (SSSR count). The number of hydrogen-bond acceptors (Lipinski definition) is 2. The standard InChI is InChI=1S/C13H15ClN2O/c1-10-9-11(14)5-6-12(10)13(17)16-8-4-2-3-7-15/h5-6,9H,2-4,8H2,1H3,(H,16,17). The molecule has 0 aliphatic heterocycles. The lowest BCUT2D eigenvalue weighted by Crippen LogP contribution is -2.25. The number of nitrogens with zero attached hydrogens (tertiary/aromatic N) is 1. The second kappa shape index (κ2) is 6.93. The highest BCUT2D eigenvalue weighted by Gasteiger charge is 2.07. The summed E-state index contributed by atoms with van der Waals surface area (Å²) in [6.45, 7) is 2.46. The zero-order valence-electron chi connectivity index (χ0n) is 9.79. The Morgan fingerprint density at radius 2 is 2.24 bits per heavy atom. The summed E-state index contributed by atoms with van der Waals surface area (Å²) in [5, 5.41) is 11.8. The number of carbonyl (C=O) groups is 1. The Morgan fingerprint density at radius 3 is 2.88 bits per heavy atom. The van der Waals surface area contributed by atoms with Crippen molar-refractivity contribution < 1.29 is 4.79 Å². The minimum Gasteiger partial charge on any atom is -0.352 e. The summed E-state index contributed by atoms with van der Waals surface area (Å²) in [7, 11) is 0. The summed E-state index contributed by atoms with van der Waals surface area (Å²) < 4.78 is 0. The van der Waals surface area contributed by atoms with E-state index >= 15 is 0 Å². The molecule has 0 saturated carbocycles. The zero-order valence-corrected chi connectivity index (χ0v) is 10.5. The van der Waals surface area contributed by atoms with Crippen molar-refractivity contribution in [1.82, 2.24) is 5.32 Å². The van der Waals surface area contributed by atoms with Crippen molar-refractivity contribution in [2.75, 3.05) is 6.54 Å². The largest absolute Gasteiger partial charge is 0.352 e. The van der Waals surface area contributed by atoms with Gasteiger partial charge in [-0.1, -0.05) is 11.6 Å². The van der Waals surface area contributed by atoms with Gasteiger partial charge >= 0.3 is 0 Å². The first-order valence-corrected chi connectivity index (χ1v) is 5.94. The Morgan fingerprint density at radius 1 is 1.47 bits per heavy atom. The summed E-state index contributed by atoms with van der Waals surface area (Å²) in [4.78, 5) is 11.8. The van der Waals surface area contributed by atoms with Crippen LogP contribution in [0.4, 0.5) is 0 Å². The molecule has 17 heavy (non-hydrogen) atoms. The number of benzene rings is 1. The lowest BCUT2D eigenvalue weighted by Gasteiger charge is -2.07. The third-order valence-corrected chi connectivity index (χ3v) is 2.67. The molecule has 0 bridgehead atoms. The molecule has 1 aromatic rings. The average molecular weight is 251 g/mol. The van der Waals surface area contributed by atoms with E-state index in [1.807, 2.05) is 6.92 Å². The van der Waals surface area contributed by atoms with Crippen LogP contribution in [0.1, 0.15) is 35.2 Å². The first-order valence-electron chi connectivity index (χ1n) is 5.56. The van der Waals surface area contributed by atoms with Crippen molar-refractivity contribution in [3.05, 3.63) is 34.3 Å². The van der Waals surface area contributed by atoms with Gasteiger partial charge in [-0.25, -0.2) is 0 Å². The van der Waals surface area contributed by atoms with E-state index in [0.717, 1.165) is 18.4 Å². The van der Waals surface area contributed by atoms with Crippen molar-refractivity contribution in [2.45, 2.75) is 26.2 Å². The van der Waals surface area contributed by atoms with Gasteiger partial charge in [0.15, 0.2) is 0 Å². The van der Waals surface area contributed by atoms with Gasteiger partial charge in [-0.2, -0.15) is 5.26 Å². The monoisotopic (exact) mass is 250 g/mol. The van der Waals surface area contributed by atoms with Gasteiger partial charge < -0.3 is 5.32 Å². The summed E-state index contributed by atoms with van der Waals surface area (Å²) in [5.41, 5.74) is 1.52. The van der Waals surface area contributed by atoms with Gasteiger partial charge in [0.25, 0.3) is 5.91 Å². The van der Waals surface area contributed by atoms with Crippen LogP contribution in [-0.2, 0) is 0 Å². The molecule has 0 aliphatic rings. The van der Waals surface area contributed by atoms with Crippen molar-refractivity contribution >= 4 is 17.5 Å². The molecule has 3 nitrogen and oxygen atoms in total. The summed E-state index contributed by atoms with van der Waals surface area (Å²) in [6, 6.07) is 7.28. The zero-order chi connectivity index (χ0) is 12.7. The molecule has 0 radical (unpaired) electrons. The molecule has 1 N–H and O–H groups in total. The third kappa shape index (κ3) is 4.46. The Kier molecular flexibility index (Phi) is 5.51. The van der Waals surface area contributed by atoms with Crippen molar-refractivity contribution in [3.63, 3.8) is 0 Å². The van der Waals surface area contributed by atoms with E-state index in [9.17, 15) is 4.79 Å². The van der Waals surface area contributed by atoms with Gasteiger partial charge in [0, 0.05) is 23.6 Å². The molecule has 0 fully saturated rings. The van der Waals surface area contributed by atoms with Gasteiger partial charge in [-0.05, 0) is 43.5 Å². The number of nitrogens with one attached hydrogen (secondary N) is 1. The highest BCUT2D eigenvalue weighted by molar-refractivity contribution is 6.30. The Balaban J connectivity index is 2.45. The van der Waals surface area contributed by atoms with Crippen molar-refractivity contribution in [3.8, 4) is 6.07 Å². The first kappa shape index (κ1) is 13.5. The Hall–Kier alpha value is -1.53. The fraction of sp³-hybridized carbons (Fsp3) is 0.385. The first-order chi connectivity index (χ1) is 8.15. The topological polar surface area (TPSA) is 52.9 Å². The maximum absolute atomic E-state index is 11.8. The third-order valence-electron chi connectivity index (χ3n) is 2.43. The van der Waals surface area contributed by atoms with Gasteiger partial charge in [0.1, 0.15) is 0 Å². The molecule has 0 saturated heterocycles. The predicted molar refractivity (Wildman–Crippen MR) is 68.0 cm³/mol. The van der Waals surface area contributed by atoms with E-state index in [1.54, 1.807) is 18.2 Å². The maximum Gasteiger partial charge on any atom is 0.251 e. The number of halogens is 1. The minimum absolute atomic E-state index is 0.0869. The van der Waals surface area contributed by atoms with Crippen LogP contribution in [0, 0.1) is 18.3 Å². The van der Waals surface area contributed by atoms with Crippen LogP contribution < -0.4 is 5.32 Å². The number of rotatable bonds is 5. The summed E-state index contributed by atoms with van der Waals surface area (Å²) in [5.74, 6) is -0.0869. The van der Waals surface area contributed by atoms with Crippen LogP contribution >= 0.6 is 11.6 Å². The SMILES string of the molecule is Cc1cc(Cl)ccc1C(=O)NCCCCC#N. The quantitative estimate of drug-likeness (QED) is 0.817. The highest BCUT2D eigenvalue weighted by atomic mass is 35.5. The molecule has 1 aromatic carbocycles. The minimum atomic E-state index is -0.0869. The fourth-order valence-corrected chi connectivity index (χ4v) is 1.73. The second-order valence-corrected chi connectivity index (χ2v) is 4.27. The number of nitriles is 1. The van der Waals surface area contributed by atoms with E-state index in [4.69, 9.17) is 16.9 Å². The molecular weight excluding hydrogens is 236 g/mol. The number of unbranched alkanes of at least 4 members (excludes halogenated alkanes) is 2. The maximum atomic E-state index is 11.8. The lowest BCUT2D eigenvalue weighted by molar-refractivity contribution is 0.0952. The van der Waals surface area contributed by atoms with E-state index < -0.39 is 0 Å². The van der Waals surface area contributed by atoms with Crippen LogP contribution in [-0.4, -0.2) is 12.5 Å². The van der Waals surface area contributed by atoms with Crippen molar-refractivity contribution in [1.29, 1.82) is 5.26 Å². The van der Waals surface area contributed by atoms with Gasteiger partial charge in [-0.15, -0.1) is 0 Å². The van der Waals surface area contributed by atoms with E-state index in [2.05, 4.69) is 11.4 Å². The van der Waals surface area contributed by atoms with E-state index in [1.165, 1.54) is 0 Å². The fourth-order valence-electron chi connectivity index (χ4n) is 1.51. The van der Waals surface area contributed by atoms with E-state index in [-0.39, 0.29) is 5.91 Å². The Bertz CT molecular complexity index is 438. The number of amides is 1. The highest BCUT2D eigenvalue weighted by Crippen LogP contribution is 2.14. The summed E-state index contributed by atoms with van der Waals surface area (Å²) in [6.07, 6.45) is 2.18. The molecule has 4 heteroatoms. The molecule has 90 valence electrons. The molecule has 0 heterocycles. The molecule has 0 aliphatic carbocycles. The van der Waals surface area contributed by atoms with Crippen LogP contribution in [0.3, 0.4) is 0 Å². The van der Waals surface area contributed by atoms with E-state index in [0.29, 0.717) is 23.6 Å². The summed E-state index contributed by atoms with van der Waals surface area (Å²) >= 11 is 5.82. The second-order valence-electron chi connectivity index (χ2n) is 3.83. The smallest absolute Gasteiger partial charge is 0.251 e. The molecule has 1 amide bonds. The molecule has 0 spiro atoms. The van der Waals surface area contributed by atoms with Gasteiger partial charge in [0.2, 0.25) is 0 Å². The normalized spacial score (nSPS) is 9.71. The van der Waals surface area contributed by atoms with Crippen LogP contribution in [0.15, 0.2) is 18.2 Å². The van der Waals surface area contributed by atoms with Crippen LogP contribution in [0.5, 0.6) is 0 Å². The Labute approximate surface area is 106 Å². The van der Waals surface area contributed by atoms with Crippen LogP contribution in [0.2, 0.25) is 5.02 Å². The average Bonchev–Trinajstić information content (AvgIpc) is 2.28. The number of aryl methyl sites for hydroxylation is 1. The molecule has 0 aromatic heterocycles. The number of carbonyl (C=O) groups excluding carboxylic acids is 1. The van der Waals surface area contributed by atoms with Crippen LogP contribution in [0.25, 0.3) is 0 Å². The molecule has 0 unspecified atom stereocenters. The molecular formula is C13H15ClN2O. The van der Waals surface area contributed by atoms with Gasteiger partial charge in [-0.3, -0.25) is 4.79 Å². The lowest BCUT2D eigenvalue weighted by atomic mass is 10.1. The predicted octanol–water partition coefficient (Wildman–Crippen LogP) is 3.07. The molecule has 0 atom stereocenters.